The van der Waals surface area contributed by atoms with E-state index in [2.05, 4.69) is 0 Å². The summed E-state index contributed by atoms with van der Waals surface area (Å²) in [7, 11) is 0. The molecule has 0 unspecified atom stereocenters. The second-order valence-corrected chi connectivity index (χ2v) is 5.26. The van der Waals surface area contributed by atoms with Crippen molar-refractivity contribution in [2.45, 2.75) is 20.0 Å². The molecule has 0 amide bonds. The first-order chi connectivity index (χ1) is 9.79. The number of carbonyl (C=O) groups excluding carboxylic acids is 2. The first-order valence-corrected chi connectivity index (χ1v) is 7.01. The number of benzene rings is 1. The summed E-state index contributed by atoms with van der Waals surface area (Å²) in [6, 6.07) is 2.89. The lowest BCUT2D eigenvalue weighted by Gasteiger charge is -2.18. The molecule has 5 nitrogen and oxygen atoms in total. The van der Waals surface area contributed by atoms with E-state index in [0.29, 0.717) is 5.02 Å². The Labute approximate surface area is 137 Å². The molecule has 0 N–H and O–H groups in total. The van der Waals surface area contributed by atoms with Crippen molar-refractivity contribution in [2.75, 3.05) is 13.2 Å². The van der Waals surface area contributed by atoms with E-state index in [9.17, 15) is 9.59 Å². The Morgan fingerprint density at radius 2 is 1.62 bits per heavy atom. The third-order valence-corrected chi connectivity index (χ3v) is 3.22. The van der Waals surface area contributed by atoms with Crippen LogP contribution in [0.4, 0.5) is 0 Å². The minimum Gasteiger partial charge on any atom is -0.488 e. The lowest BCUT2D eigenvalue weighted by atomic mass is 10.3. The minimum atomic E-state index is -0.753. The van der Waals surface area contributed by atoms with Gasteiger partial charge in [0, 0.05) is 19.9 Å². The van der Waals surface area contributed by atoms with E-state index < -0.39 is 18.0 Å². The van der Waals surface area contributed by atoms with E-state index in [1.807, 2.05) is 0 Å². The topological polar surface area (TPSA) is 61.8 Å². The Bertz CT molecular complexity index is 533. The largest absolute Gasteiger partial charge is 0.488 e. The van der Waals surface area contributed by atoms with Crippen molar-refractivity contribution in [1.82, 2.24) is 0 Å². The van der Waals surface area contributed by atoms with Crippen LogP contribution in [0, 0.1) is 0 Å². The highest BCUT2D eigenvalue weighted by Gasteiger charge is 2.16. The quantitative estimate of drug-likeness (QED) is 0.577. The highest BCUT2D eigenvalue weighted by Crippen LogP contribution is 2.33. The molecular weight excluding hydrogens is 342 g/mol. The van der Waals surface area contributed by atoms with Gasteiger partial charge < -0.3 is 14.2 Å². The molecule has 8 heteroatoms. The van der Waals surface area contributed by atoms with E-state index >= 15 is 0 Å². The fourth-order valence-corrected chi connectivity index (χ4v) is 1.95. The maximum absolute atomic E-state index is 11.0. The molecule has 0 aliphatic rings. The highest BCUT2D eigenvalue weighted by atomic mass is 35.5. The number of esters is 2. The summed E-state index contributed by atoms with van der Waals surface area (Å²) in [6.07, 6.45) is -0.753. The van der Waals surface area contributed by atoms with Gasteiger partial charge in [-0.1, -0.05) is 34.8 Å². The molecule has 0 spiro atoms. The van der Waals surface area contributed by atoms with Crippen molar-refractivity contribution >= 4 is 46.7 Å². The van der Waals surface area contributed by atoms with E-state index in [-0.39, 0.29) is 29.0 Å². The zero-order valence-corrected chi connectivity index (χ0v) is 13.6. The van der Waals surface area contributed by atoms with Crippen LogP contribution >= 0.6 is 34.8 Å². The molecule has 0 aliphatic carbocycles. The van der Waals surface area contributed by atoms with Crippen molar-refractivity contribution in [2.24, 2.45) is 0 Å². The number of hydrogen-bond acceptors (Lipinski definition) is 5. The van der Waals surface area contributed by atoms with Crippen molar-refractivity contribution in [3.63, 3.8) is 0 Å². The molecule has 0 fully saturated rings. The van der Waals surface area contributed by atoms with Gasteiger partial charge in [-0.2, -0.15) is 0 Å². The predicted molar refractivity (Wildman–Crippen MR) is 79.2 cm³/mol. The van der Waals surface area contributed by atoms with Crippen LogP contribution in [0.25, 0.3) is 0 Å². The molecule has 0 bridgehead atoms. The molecule has 0 saturated heterocycles. The van der Waals surface area contributed by atoms with Crippen LogP contribution in [0.15, 0.2) is 12.1 Å². The number of rotatable bonds is 6. The van der Waals surface area contributed by atoms with Crippen LogP contribution < -0.4 is 4.74 Å². The second-order valence-electron chi connectivity index (χ2n) is 4.04. The average Bonchev–Trinajstić information content (AvgIpc) is 2.37. The Hall–Kier alpha value is -1.17. The Morgan fingerprint density at radius 1 is 1.00 bits per heavy atom. The fourth-order valence-electron chi connectivity index (χ4n) is 1.36. The van der Waals surface area contributed by atoms with Gasteiger partial charge in [-0.3, -0.25) is 9.59 Å². The molecule has 116 valence electrons. The van der Waals surface area contributed by atoms with Gasteiger partial charge in [0.1, 0.15) is 19.0 Å². The maximum atomic E-state index is 11.0. The predicted octanol–water partition coefficient (Wildman–Crippen LogP) is 3.52. The molecule has 1 atom stereocenters. The van der Waals surface area contributed by atoms with Gasteiger partial charge in [-0.15, -0.1) is 0 Å². The second kappa shape index (κ2) is 8.32. The fraction of sp³-hybridized carbons (Fsp3) is 0.385. The molecule has 1 aromatic rings. The zero-order valence-electron chi connectivity index (χ0n) is 11.3. The number of hydrogen-bond donors (Lipinski definition) is 0. The van der Waals surface area contributed by atoms with Crippen molar-refractivity contribution in [3.8, 4) is 5.75 Å². The van der Waals surface area contributed by atoms with Gasteiger partial charge in [0.15, 0.2) is 6.10 Å². The van der Waals surface area contributed by atoms with Crippen LogP contribution in [0.2, 0.25) is 15.1 Å². The third kappa shape index (κ3) is 6.42. The summed E-state index contributed by atoms with van der Waals surface area (Å²) in [6.45, 7) is 2.33. The molecule has 0 radical (unpaired) electrons. The molecule has 0 heterocycles. The average molecular weight is 356 g/mol. The standard InChI is InChI=1S/C13H13Cl3O5/c1-7(17)19-5-9(21-8(2)18)6-20-13-4-11(15)10(14)3-12(13)16/h3-4,9H,5-6H2,1-2H3/t9-/m1/s1. The first-order valence-electron chi connectivity index (χ1n) is 5.87. The number of ether oxygens (including phenoxy) is 3. The summed E-state index contributed by atoms with van der Waals surface area (Å²) >= 11 is 17.6. The maximum Gasteiger partial charge on any atom is 0.303 e. The van der Waals surface area contributed by atoms with E-state index in [1.54, 1.807) is 0 Å². The van der Waals surface area contributed by atoms with Gasteiger partial charge in [0.25, 0.3) is 0 Å². The van der Waals surface area contributed by atoms with E-state index in [4.69, 9.17) is 49.0 Å². The lowest BCUT2D eigenvalue weighted by Crippen LogP contribution is -2.29. The van der Waals surface area contributed by atoms with Crippen LogP contribution in [-0.4, -0.2) is 31.3 Å². The summed E-state index contributed by atoms with van der Waals surface area (Å²) in [5, 5.41) is 0.837. The molecule has 21 heavy (non-hydrogen) atoms. The number of halogens is 3. The van der Waals surface area contributed by atoms with E-state index in [1.165, 1.54) is 26.0 Å². The SMILES string of the molecule is CC(=O)OC[C@H](COc1cc(Cl)c(Cl)cc1Cl)OC(C)=O. The number of carbonyl (C=O) groups is 2. The minimum absolute atomic E-state index is 0.0511. The van der Waals surface area contributed by atoms with Crippen LogP contribution in [-0.2, 0) is 19.1 Å². The molecule has 1 aromatic carbocycles. The molecule has 0 aromatic heterocycles. The van der Waals surface area contributed by atoms with Gasteiger partial charge in [0.05, 0.1) is 15.1 Å². The molecule has 1 rings (SSSR count). The van der Waals surface area contributed by atoms with Gasteiger partial charge in [-0.05, 0) is 6.07 Å². The van der Waals surface area contributed by atoms with Crippen molar-refractivity contribution in [1.29, 1.82) is 0 Å². The molecular formula is C13H13Cl3O5. The Balaban J connectivity index is 2.69. The third-order valence-electron chi connectivity index (χ3n) is 2.20. The van der Waals surface area contributed by atoms with Crippen molar-refractivity contribution in [3.05, 3.63) is 27.2 Å². The lowest BCUT2D eigenvalue weighted by molar-refractivity contribution is -0.158. The highest BCUT2D eigenvalue weighted by molar-refractivity contribution is 6.43. The summed E-state index contributed by atoms with van der Waals surface area (Å²) in [5.74, 6) is -0.721. The van der Waals surface area contributed by atoms with Crippen LogP contribution in [0.3, 0.4) is 0 Å². The van der Waals surface area contributed by atoms with Gasteiger partial charge >= 0.3 is 11.9 Å². The first kappa shape index (κ1) is 17.9. The van der Waals surface area contributed by atoms with Gasteiger partial charge in [0.2, 0.25) is 0 Å². The summed E-state index contributed by atoms with van der Waals surface area (Å²) in [5.41, 5.74) is 0. The summed E-state index contributed by atoms with van der Waals surface area (Å²) < 4.78 is 15.2. The van der Waals surface area contributed by atoms with E-state index in [0.717, 1.165) is 0 Å². The zero-order chi connectivity index (χ0) is 16.0. The monoisotopic (exact) mass is 354 g/mol. The van der Waals surface area contributed by atoms with Crippen LogP contribution in [0.1, 0.15) is 13.8 Å². The van der Waals surface area contributed by atoms with Crippen molar-refractivity contribution < 1.29 is 23.8 Å². The summed E-state index contributed by atoms with van der Waals surface area (Å²) in [4.78, 5) is 21.8. The normalized spacial score (nSPS) is 11.7. The molecule has 0 aliphatic heterocycles. The Kier molecular flexibility index (Phi) is 7.08. The molecule has 0 saturated carbocycles. The van der Waals surface area contributed by atoms with Crippen LogP contribution in [0.5, 0.6) is 5.75 Å². The van der Waals surface area contributed by atoms with Gasteiger partial charge in [-0.25, -0.2) is 0 Å². The Morgan fingerprint density at radius 3 is 2.19 bits per heavy atom. The smallest absolute Gasteiger partial charge is 0.303 e.